The summed E-state index contributed by atoms with van der Waals surface area (Å²) in [5, 5.41) is 61.1. The van der Waals surface area contributed by atoms with Gasteiger partial charge in [-0.2, -0.15) is 4.73 Å². The monoisotopic (exact) mass is 1140 g/mol. The van der Waals surface area contributed by atoms with Gasteiger partial charge >= 0.3 is 46.9 Å². The Labute approximate surface area is 431 Å². The normalized spacial score (nSPS) is 11.1. The molecule has 0 fully saturated rings. The van der Waals surface area contributed by atoms with Gasteiger partial charge in [0, 0.05) is 59.5 Å². The number of benzene rings is 4. The SMILES string of the molecule is CC(C)=O.CCN(CC)C(=O)[C@H](c1cccc([C@H](C(=O)N(CC)CC)P(=O)(c2ccccc2)c2ccccc2)[n+]1[O-])P(=O)(c1ccccc1)c1ccccc1.O=[N+]([O-])[O-].O=[N+]([O-])[O-].O=[N+]([O-])[O-].[Yb+3]. The Morgan fingerprint density at radius 1 is 0.471 bits per heavy atom. The summed E-state index contributed by atoms with van der Waals surface area (Å²) < 4.78 is 32.5. The van der Waals surface area contributed by atoms with Crippen LogP contribution in [-0.4, -0.2) is 68.8 Å². The van der Waals surface area contributed by atoms with Gasteiger partial charge in [0.2, 0.25) is 23.2 Å². The number of carbonyl (C=O) groups excluding carboxylic acids is 3. The van der Waals surface area contributed by atoms with Crippen LogP contribution < -0.4 is 25.9 Å². The number of Topliss-reactive ketones (excluding diaryl/α,β-unsaturated/α-hetero) is 1. The first kappa shape index (κ1) is 62.0. The molecular weight excluding hydrogens is 1090 g/mol. The van der Waals surface area contributed by atoms with Crippen LogP contribution >= 0.6 is 14.3 Å². The maximum atomic E-state index is 16.0. The molecule has 0 saturated carbocycles. The number of hydrogen-bond donors (Lipinski definition) is 0. The average Bonchev–Trinajstić information content (AvgIpc) is 3.29. The third-order valence-corrected chi connectivity index (χ3v) is 16.2. The molecule has 5 rings (SSSR count). The maximum absolute atomic E-state index is 16.0. The molecule has 2 amide bonds. The summed E-state index contributed by atoms with van der Waals surface area (Å²) >= 11 is 0. The summed E-state index contributed by atoms with van der Waals surface area (Å²) in [7, 11) is -7.91. The molecular formula is C44H51N6O15P2Yb. The number of pyridine rings is 1. The van der Waals surface area contributed by atoms with Crippen molar-refractivity contribution in [3.05, 3.63) is 202 Å². The summed E-state index contributed by atoms with van der Waals surface area (Å²) in [6.07, 6.45) is 0. The summed E-state index contributed by atoms with van der Waals surface area (Å²) in [4.78, 5) is 66.9. The van der Waals surface area contributed by atoms with Crippen molar-refractivity contribution in [1.29, 1.82) is 0 Å². The number of nitrogens with zero attached hydrogens (tertiary/aromatic N) is 6. The summed E-state index contributed by atoms with van der Waals surface area (Å²) in [6.45, 7) is 11.7. The Bertz CT molecular complexity index is 2180. The number of carbonyl (C=O) groups is 3. The van der Waals surface area contributed by atoms with Gasteiger partial charge in [-0.25, -0.2) is 0 Å². The van der Waals surface area contributed by atoms with Crippen LogP contribution in [0.5, 0.6) is 0 Å². The van der Waals surface area contributed by atoms with Crippen molar-refractivity contribution in [3.8, 4) is 0 Å². The van der Waals surface area contributed by atoms with E-state index >= 15 is 14.3 Å². The first-order valence-corrected chi connectivity index (χ1v) is 23.8. The Balaban J connectivity index is 0.00000229. The van der Waals surface area contributed by atoms with Gasteiger partial charge in [0.15, 0.2) is 25.6 Å². The first-order chi connectivity index (χ1) is 31.6. The van der Waals surface area contributed by atoms with Crippen LogP contribution in [0.25, 0.3) is 0 Å². The van der Waals surface area contributed by atoms with E-state index in [1.165, 1.54) is 26.0 Å². The molecule has 1 heterocycles. The summed E-state index contributed by atoms with van der Waals surface area (Å²) in [6, 6.07) is 39.8. The third-order valence-electron chi connectivity index (χ3n) is 9.47. The predicted molar refractivity (Wildman–Crippen MR) is 254 cm³/mol. The molecule has 2 atom stereocenters. The molecule has 0 aliphatic carbocycles. The molecule has 371 valence electrons. The number of ketones is 1. The van der Waals surface area contributed by atoms with Gasteiger partial charge in [0.25, 0.3) is 0 Å². The second kappa shape index (κ2) is 31.1. The average molecular weight is 1140 g/mol. The van der Waals surface area contributed by atoms with E-state index in [1.54, 1.807) is 113 Å². The molecule has 68 heavy (non-hydrogen) atoms. The zero-order chi connectivity index (χ0) is 50.9. The topological polar surface area (TPSA) is 317 Å². The minimum absolute atomic E-state index is 0. The fourth-order valence-corrected chi connectivity index (χ4v) is 13.1. The molecule has 0 bridgehead atoms. The van der Waals surface area contributed by atoms with E-state index in [0.29, 0.717) is 52.1 Å². The fraction of sp³-hybridized carbons (Fsp3) is 0.273. The van der Waals surface area contributed by atoms with Crippen molar-refractivity contribution >= 4 is 53.1 Å². The quantitative estimate of drug-likeness (QED) is 0.0402. The predicted octanol–water partition coefficient (Wildman–Crippen LogP) is 6.05. The van der Waals surface area contributed by atoms with Gasteiger partial charge in [-0.05, 0) is 47.6 Å². The van der Waals surface area contributed by atoms with Crippen LogP contribution in [0.15, 0.2) is 140 Å². The van der Waals surface area contributed by atoms with Crippen molar-refractivity contribution in [3.63, 3.8) is 0 Å². The van der Waals surface area contributed by atoms with Gasteiger partial charge in [-0.15, -0.1) is 0 Å². The van der Waals surface area contributed by atoms with Crippen LogP contribution in [0, 0.1) is 98.1 Å². The van der Waals surface area contributed by atoms with E-state index in [1.807, 2.05) is 52.0 Å². The van der Waals surface area contributed by atoms with Gasteiger partial charge in [-0.3, -0.25) is 9.59 Å². The zero-order valence-electron chi connectivity index (χ0n) is 37.7. The Hall–Kier alpha value is -5.98. The third kappa shape index (κ3) is 17.9. The van der Waals surface area contributed by atoms with Gasteiger partial charge < -0.3 is 74.9 Å². The molecule has 0 N–H and O–H groups in total. The largest absolute Gasteiger partial charge is 3.00 e. The first-order valence-electron chi connectivity index (χ1n) is 20.2. The molecule has 0 spiro atoms. The Kier molecular flexibility index (Phi) is 28.4. The van der Waals surface area contributed by atoms with Gasteiger partial charge in [0.05, 0.1) is 15.3 Å². The summed E-state index contributed by atoms with van der Waals surface area (Å²) in [5.41, 5.74) is -3.05. The minimum atomic E-state index is -3.96. The molecule has 0 aliphatic rings. The van der Waals surface area contributed by atoms with Gasteiger partial charge in [0.1, 0.15) is 5.78 Å². The van der Waals surface area contributed by atoms with Crippen LogP contribution in [0.4, 0.5) is 0 Å². The Morgan fingerprint density at radius 2 is 0.662 bits per heavy atom. The molecule has 0 saturated heterocycles. The van der Waals surface area contributed by atoms with E-state index in [0.717, 1.165) is 0 Å². The molecule has 21 nitrogen and oxygen atoms in total. The second-order valence-corrected chi connectivity index (χ2v) is 19.5. The van der Waals surface area contributed by atoms with Crippen LogP contribution in [0.3, 0.4) is 0 Å². The van der Waals surface area contributed by atoms with Crippen molar-refractivity contribution in [2.45, 2.75) is 52.9 Å². The fourth-order valence-electron chi connectivity index (χ4n) is 6.78. The van der Waals surface area contributed by atoms with Gasteiger partial charge in [-0.1, -0.05) is 121 Å². The standard InChI is InChI=1S/C41H45N3O5P2.C3H6O.3NO3.Yb/c1-5-42(6-2)40(45)38(50(48,32-22-13-9-14-23-32)33-24-15-10-16-25-33)36-30-21-31-37(44(36)47)39(41(46)43(7-3)8-4)51(49,34-26-17-11-18-27-34)35-28-19-12-20-29-35;1-3(2)4;3*2-1(3)4;/h9-31,38-39H,5-8H2,1-4H3;1-2H3;;;;/q;;3*-1;+3/t38-,39+;;;;;. The number of amides is 2. The molecule has 1 radical (unpaired) electrons. The van der Waals surface area contributed by atoms with E-state index in [-0.39, 0.29) is 64.1 Å². The van der Waals surface area contributed by atoms with Crippen molar-refractivity contribution < 1.29 is 90.4 Å². The molecule has 24 heteroatoms. The summed E-state index contributed by atoms with van der Waals surface area (Å²) in [5.74, 6) is -0.780. The number of rotatable bonds is 14. The molecule has 5 aromatic rings. The molecule has 4 aromatic carbocycles. The number of aromatic nitrogens is 1. The smallest absolute Gasteiger partial charge is 0.618 e. The maximum Gasteiger partial charge on any atom is 3.00 e. The van der Waals surface area contributed by atoms with Crippen molar-refractivity contribution in [2.24, 2.45) is 0 Å². The Morgan fingerprint density at radius 3 is 0.838 bits per heavy atom. The number of likely N-dealkylation sites (N-methyl/N-ethyl adjacent to an activating group) is 2. The van der Waals surface area contributed by atoms with E-state index in [2.05, 4.69) is 0 Å². The van der Waals surface area contributed by atoms with Crippen molar-refractivity contribution in [1.82, 2.24) is 9.80 Å². The number of hydrogen-bond acceptors (Lipinski definition) is 15. The van der Waals surface area contributed by atoms with E-state index in [4.69, 9.17) is 46.0 Å². The van der Waals surface area contributed by atoms with E-state index in [9.17, 15) is 14.4 Å². The molecule has 0 unspecified atom stereocenters. The van der Waals surface area contributed by atoms with Crippen LogP contribution in [0.2, 0.25) is 0 Å². The molecule has 1 aromatic heterocycles. The van der Waals surface area contributed by atoms with Crippen LogP contribution in [-0.2, 0) is 23.5 Å². The zero-order valence-corrected chi connectivity index (χ0v) is 41.2. The van der Waals surface area contributed by atoms with Crippen molar-refractivity contribution in [2.75, 3.05) is 26.2 Å². The van der Waals surface area contributed by atoms with Crippen LogP contribution in [0.1, 0.15) is 64.2 Å². The van der Waals surface area contributed by atoms with E-state index < -0.39 is 52.7 Å². The minimum Gasteiger partial charge on any atom is -0.618 e. The molecule has 0 aliphatic heterocycles. The second-order valence-electron chi connectivity index (χ2n) is 13.7.